The molecule has 0 spiro atoms. The number of nitrogens with zero attached hydrogens (tertiary/aromatic N) is 1. The maximum absolute atomic E-state index is 4.99. The highest BCUT2D eigenvalue weighted by Crippen LogP contribution is 2.20. The second kappa shape index (κ2) is 7.69. The topological polar surface area (TPSA) is 12.9 Å². The highest BCUT2D eigenvalue weighted by Gasteiger charge is 1.88. The van der Waals surface area contributed by atoms with Crippen LogP contribution in [0.3, 0.4) is 0 Å². The molecule has 0 aromatic carbocycles. The molecular formula is C7H5Cl4N. The minimum Gasteiger partial charge on any atom is -0.265 e. The van der Waals surface area contributed by atoms with Gasteiger partial charge in [0, 0.05) is 12.4 Å². The fourth-order valence-corrected chi connectivity index (χ4v) is 0.313. The van der Waals surface area contributed by atoms with Gasteiger partial charge in [-0.25, -0.2) is 0 Å². The molecule has 0 unspecified atom stereocenters. The SMILES string of the molecule is ClC(Cl)=C(Cl)Cl.c1ccncc1. The van der Waals surface area contributed by atoms with E-state index in [1.807, 2.05) is 18.2 Å². The number of halogens is 4. The van der Waals surface area contributed by atoms with E-state index < -0.39 is 0 Å². The van der Waals surface area contributed by atoms with Crippen molar-refractivity contribution < 1.29 is 0 Å². The summed E-state index contributed by atoms with van der Waals surface area (Å²) in [6, 6.07) is 5.72. The Labute approximate surface area is 90.9 Å². The van der Waals surface area contributed by atoms with Crippen molar-refractivity contribution >= 4 is 46.4 Å². The zero-order chi connectivity index (χ0) is 9.40. The lowest BCUT2D eigenvalue weighted by Crippen LogP contribution is -1.58. The third-order valence-corrected chi connectivity index (χ3v) is 1.85. The Hall–Kier alpha value is 0.0500. The summed E-state index contributed by atoms with van der Waals surface area (Å²) in [4.78, 5) is 3.78. The van der Waals surface area contributed by atoms with E-state index in [4.69, 9.17) is 46.4 Å². The lowest BCUT2D eigenvalue weighted by atomic mass is 10.5. The fourth-order valence-electron chi connectivity index (χ4n) is 0.313. The molecule has 66 valence electrons. The van der Waals surface area contributed by atoms with Crippen LogP contribution in [0, 0.1) is 0 Å². The molecule has 0 N–H and O–H groups in total. The Morgan fingerprint density at radius 2 is 1.17 bits per heavy atom. The number of hydrogen-bond donors (Lipinski definition) is 0. The van der Waals surface area contributed by atoms with Gasteiger partial charge < -0.3 is 0 Å². The largest absolute Gasteiger partial charge is 0.265 e. The molecule has 0 saturated heterocycles. The minimum absolute atomic E-state index is 0.0988. The zero-order valence-corrected chi connectivity index (χ0v) is 8.87. The summed E-state index contributed by atoms with van der Waals surface area (Å²) in [5.74, 6) is 0. The summed E-state index contributed by atoms with van der Waals surface area (Å²) >= 11 is 20.0. The molecule has 0 bridgehead atoms. The molecule has 0 aliphatic heterocycles. The van der Waals surface area contributed by atoms with Gasteiger partial charge in [0.2, 0.25) is 0 Å². The molecule has 0 atom stereocenters. The van der Waals surface area contributed by atoms with E-state index in [9.17, 15) is 0 Å². The van der Waals surface area contributed by atoms with Gasteiger partial charge in [0.25, 0.3) is 0 Å². The minimum atomic E-state index is -0.0988. The van der Waals surface area contributed by atoms with Gasteiger partial charge in [-0.3, -0.25) is 4.98 Å². The van der Waals surface area contributed by atoms with Gasteiger partial charge >= 0.3 is 0 Å². The van der Waals surface area contributed by atoms with E-state index in [-0.39, 0.29) is 8.98 Å². The lowest BCUT2D eigenvalue weighted by Gasteiger charge is -1.75. The number of pyridine rings is 1. The first-order chi connectivity index (χ1) is 5.64. The van der Waals surface area contributed by atoms with Crippen LogP contribution in [0.15, 0.2) is 39.6 Å². The molecule has 5 heteroatoms. The van der Waals surface area contributed by atoms with Crippen molar-refractivity contribution in [3.8, 4) is 0 Å². The van der Waals surface area contributed by atoms with E-state index in [0.29, 0.717) is 0 Å². The van der Waals surface area contributed by atoms with Crippen molar-refractivity contribution in [2.75, 3.05) is 0 Å². The third kappa shape index (κ3) is 8.15. The van der Waals surface area contributed by atoms with Gasteiger partial charge in [0.1, 0.15) is 8.98 Å². The molecule has 1 aromatic rings. The second-order valence-corrected chi connectivity index (χ2v) is 3.44. The predicted molar refractivity (Wildman–Crippen MR) is 54.7 cm³/mol. The van der Waals surface area contributed by atoms with Crippen LogP contribution in [0.4, 0.5) is 0 Å². The van der Waals surface area contributed by atoms with Gasteiger partial charge in [-0.05, 0) is 12.1 Å². The summed E-state index contributed by atoms with van der Waals surface area (Å²) in [6.07, 6.45) is 3.50. The van der Waals surface area contributed by atoms with E-state index in [1.54, 1.807) is 12.4 Å². The molecule has 0 saturated carbocycles. The van der Waals surface area contributed by atoms with Gasteiger partial charge in [0.05, 0.1) is 0 Å². The Balaban J connectivity index is 0.000000202. The molecule has 12 heavy (non-hydrogen) atoms. The maximum atomic E-state index is 4.99. The molecule has 1 nitrogen and oxygen atoms in total. The van der Waals surface area contributed by atoms with Crippen LogP contribution in [0.1, 0.15) is 0 Å². The van der Waals surface area contributed by atoms with Gasteiger partial charge in [-0.1, -0.05) is 52.5 Å². The Morgan fingerprint density at radius 3 is 1.25 bits per heavy atom. The molecule has 1 aromatic heterocycles. The molecule has 1 heterocycles. The van der Waals surface area contributed by atoms with Crippen LogP contribution < -0.4 is 0 Å². The lowest BCUT2D eigenvalue weighted by molar-refractivity contribution is 1.33. The summed E-state index contributed by atoms with van der Waals surface area (Å²) in [7, 11) is 0. The molecule has 0 amide bonds. The molecule has 0 aliphatic carbocycles. The van der Waals surface area contributed by atoms with E-state index in [2.05, 4.69) is 4.98 Å². The Kier molecular flexibility index (Phi) is 7.72. The van der Waals surface area contributed by atoms with Crippen LogP contribution in [-0.4, -0.2) is 4.98 Å². The number of hydrogen-bond acceptors (Lipinski definition) is 1. The summed E-state index contributed by atoms with van der Waals surface area (Å²) in [5.41, 5.74) is 0. The van der Waals surface area contributed by atoms with Crippen molar-refractivity contribution in [3.63, 3.8) is 0 Å². The third-order valence-electron chi connectivity index (χ3n) is 0.709. The van der Waals surface area contributed by atoms with Crippen LogP contribution in [0.5, 0.6) is 0 Å². The standard InChI is InChI=1S/C5H5N.C2Cl4/c1-2-4-6-5-3-1;3-1(4)2(5)6/h1-5H;. The Bertz CT molecular complexity index is 190. The Morgan fingerprint density at radius 1 is 0.750 bits per heavy atom. The monoisotopic (exact) mass is 243 g/mol. The maximum Gasteiger partial charge on any atom is 0.136 e. The van der Waals surface area contributed by atoms with Gasteiger partial charge in [0.15, 0.2) is 0 Å². The van der Waals surface area contributed by atoms with Crippen molar-refractivity contribution in [3.05, 3.63) is 39.6 Å². The smallest absolute Gasteiger partial charge is 0.136 e. The molecule has 1 rings (SSSR count). The van der Waals surface area contributed by atoms with Crippen LogP contribution in [-0.2, 0) is 0 Å². The zero-order valence-electron chi connectivity index (χ0n) is 5.85. The van der Waals surface area contributed by atoms with Crippen LogP contribution in [0.2, 0.25) is 0 Å². The van der Waals surface area contributed by atoms with E-state index >= 15 is 0 Å². The first-order valence-corrected chi connectivity index (χ1v) is 4.37. The number of rotatable bonds is 0. The van der Waals surface area contributed by atoms with Crippen molar-refractivity contribution in [1.29, 1.82) is 0 Å². The van der Waals surface area contributed by atoms with Gasteiger partial charge in [-0.15, -0.1) is 0 Å². The molecule has 0 fully saturated rings. The van der Waals surface area contributed by atoms with Gasteiger partial charge in [-0.2, -0.15) is 0 Å². The predicted octanol–water partition coefficient (Wildman–Crippen LogP) is 4.15. The van der Waals surface area contributed by atoms with E-state index in [0.717, 1.165) is 0 Å². The van der Waals surface area contributed by atoms with Crippen molar-refractivity contribution in [2.45, 2.75) is 0 Å². The summed E-state index contributed by atoms with van der Waals surface area (Å²) < 4.78 is -0.198. The molecular weight excluding hydrogens is 240 g/mol. The van der Waals surface area contributed by atoms with Crippen LogP contribution in [0.25, 0.3) is 0 Å². The van der Waals surface area contributed by atoms with Crippen molar-refractivity contribution in [2.24, 2.45) is 0 Å². The second-order valence-electron chi connectivity index (χ2n) is 1.55. The normalized spacial score (nSPS) is 8.00. The quantitative estimate of drug-likeness (QED) is 0.668. The van der Waals surface area contributed by atoms with Crippen LogP contribution >= 0.6 is 46.4 Å². The van der Waals surface area contributed by atoms with E-state index in [1.165, 1.54) is 0 Å². The fraction of sp³-hybridized carbons (Fsp3) is 0. The summed E-state index contributed by atoms with van der Waals surface area (Å²) in [5, 5.41) is 0. The highest BCUT2D eigenvalue weighted by molar-refractivity contribution is 6.67. The average Bonchev–Trinajstić information content (AvgIpc) is 2.08. The highest BCUT2D eigenvalue weighted by atomic mass is 35.5. The number of aromatic nitrogens is 1. The molecule has 0 aliphatic rings. The summed E-state index contributed by atoms with van der Waals surface area (Å²) in [6.45, 7) is 0. The average molecular weight is 245 g/mol. The van der Waals surface area contributed by atoms with Crippen molar-refractivity contribution in [1.82, 2.24) is 4.98 Å². The first kappa shape index (κ1) is 12.0. The molecule has 0 radical (unpaired) electrons. The first-order valence-electron chi connectivity index (χ1n) is 2.86.